The number of methoxy groups -OCH3 is 1. The highest BCUT2D eigenvalue weighted by Crippen LogP contribution is 2.23. The van der Waals surface area contributed by atoms with Crippen LogP contribution >= 0.6 is 0 Å². The molecule has 1 N–H and O–H groups in total. The smallest absolute Gasteiger partial charge is 0.323 e. The van der Waals surface area contributed by atoms with Gasteiger partial charge in [-0.25, -0.2) is 0 Å². The monoisotopic (exact) mass is 408 g/mol. The first-order valence-corrected chi connectivity index (χ1v) is 10.2. The molecule has 0 unspecified atom stereocenters. The third-order valence-corrected chi connectivity index (χ3v) is 5.16. The molecule has 30 heavy (non-hydrogen) atoms. The summed E-state index contributed by atoms with van der Waals surface area (Å²) in [5.74, 6) is -0.463. The zero-order valence-corrected chi connectivity index (χ0v) is 17.5. The Morgan fingerprint density at radius 2 is 1.83 bits per heavy atom. The largest absolute Gasteiger partial charge is 0.497 e. The first-order chi connectivity index (χ1) is 14.5. The molecule has 3 aromatic rings. The number of aliphatic carboxylic acids is 1. The van der Waals surface area contributed by atoms with E-state index in [1.165, 1.54) is 10.4 Å². The second kappa shape index (κ2) is 9.96. The predicted octanol–water partition coefficient (Wildman–Crippen LogP) is 4.11. The van der Waals surface area contributed by atoms with Crippen molar-refractivity contribution < 1.29 is 19.4 Å². The summed E-state index contributed by atoms with van der Waals surface area (Å²) in [6.07, 6.45) is 4.00. The summed E-state index contributed by atoms with van der Waals surface area (Å²) < 4.78 is 7.38. The van der Waals surface area contributed by atoms with Crippen LogP contribution < -0.4 is 4.74 Å². The van der Waals surface area contributed by atoms with Gasteiger partial charge in [-0.15, -0.1) is 0 Å². The maximum atomic E-state index is 12.9. The first kappa shape index (κ1) is 21.4. The van der Waals surface area contributed by atoms with Crippen molar-refractivity contribution in [1.82, 2.24) is 9.47 Å². The first-order valence-electron chi connectivity index (χ1n) is 10.2. The van der Waals surface area contributed by atoms with Gasteiger partial charge >= 0.3 is 5.97 Å². The summed E-state index contributed by atoms with van der Waals surface area (Å²) in [4.78, 5) is 25.6. The highest BCUT2D eigenvalue weighted by atomic mass is 16.5. The number of carbonyl (C=O) groups excluding carboxylic acids is 1. The summed E-state index contributed by atoms with van der Waals surface area (Å²) >= 11 is 0. The fourth-order valence-corrected chi connectivity index (χ4v) is 3.69. The van der Waals surface area contributed by atoms with E-state index in [4.69, 9.17) is 4.74 Å². The Hall–Kier alpha value is -3.28. The van der Waals surface area contributed by atoms with E-state index in [2.05, 4.69) is 29.8 Å². The van der Waals surface area contributed by atoms with Crippen molar-refractivity contribution in [3.63, 3.8) is 0 Å². The molecule has 0 bridgehead atoms. The molecule has 2 aromatic carbocycles. The van der Waals surface area contributed by atoms with Gasteiger partial charge in [0.05, 0.1) is 7.11 Å². The van der Waals surface area contributed by atoms with Crippen LogP contribution in [0.3, 0.4) is 0 Å². The molecule has 0 saturated carbocycles. The number of benzene rings is 2. The number of rotatable bonds is 10. The van der Waals surface area contributed by atoms with Gasteiger partial charge in [0.2, 0.25) is 5.91 Å². The molecule has 158 valence electrons. The molecule has 3 rings (SSSR count). The summed E-state index contributed by atoms with van der Waals surface area (Å²) in [5, 5.41) is 10.4. The molecule has 0 aliphatic carbocycles. The molecule has 0 spiro atoms. The predicted molar refractivity (Wildman–Crippen MR) is 117 cm³/mol. The lowest BCUT2D eigenvalue weighted by Crippen LogP contribution is -2.35. The lowest BCUT2D eigenvalue weighted by atomic mass is 10.1. The fraction of sp³-hybridized carbons (Fsp3) is 0.333. The van der Waals surface area contributed by atoms with Gasteiger partial charge in [0.15, 0.2) is 0 Å². The van der Waals surface area contributed by atoms with E-state index >= 15 is 0 Å². The Labute approximate surface area is 176 Å². The molecule has 0 aliphatic heterocycles. The van der Waals surface area contributed by atoms with Gasteiger partial charge in [-0.1, -0.05) is 37.3 Å². The molecule has 1 heterocycles. The van der Waals surface area contributed by atoms with Crippen molar-refractivity contribution >= 4 is 22.8 Å². The number of carbonyl (C=O) groups is 2. The number of hydrogen-bond donors (Lipinski definition) is 1. The summed E-state index contributed by atoms with van der Waals surface area (Å²) in [6, 6.07) is 15.5. The summed E-state index contributed by atoms with van der Waals surface area (Å²) in [5.41, 5.74) is 3.15. The Bertz CT molecular complexity index is 1010. The molecule has 1 amide bonds. The quantitative estimate of drug-likeness (QED) is 0.548. The number of aryl methyl sites for hydroxylation is 2. The van der Waals surface area contributed by atoms with E-state index < -0.39 is 5.97 Å². The number of para-hydroxylation sites is 1. The van der Waals surface area contributed by atoms with E-state index in [1.807, 2.05) is 24.3 Å². The van der Waals surface area contributed by atoms with E-state index in [1.54, 1.807) is 19.2 Å². The number of hydrogen-bond acceptors (Lipinski definition) is 3. The molecule has 1 aromatic heterocycles. The lowest BCUT2D eigenvalue weighted by Gasteiger charge is -2.21. The maximum Gasteiger partial charge on any atom is 0.323 e. The van der Waals surface area contributed by atoms with Crippen LogP contribution in [0.5, 0.6) is 5.75 Å². The minimum Gasteiger partial charge on any atom is -0.497 e. The van der Waals surface area contributed by atoms with Crippen LogP contribution in [0, 0.1) is 0 Å². The Morgan fingerprint density at radius 1 is 1.10 bits per heavy atom. The average molecular weight is 408 g/mol. The van der Waals surface area contributed by atoms with Crippen molar-refractivity contribution in [2.24, 2.45) is 0 Å². The van der Waals surface area contributed by atoms with Crippen LogP contribution in [0.4, 0.5) is 0 Å². The standard InChI is InChI=1S/C24H28N2O4/c1-3-14-25-16-19(21-6-4-5-7-22(21)25)10-13-23(27)26(17-24(28)29)15-18-8-11-20(30-2)12-9-18/h4-9,11-12,16H,3,10,13-15,17H2,1-2H3,(H,28,29). The number of amides is 1. The van der Waals surface area contributed by atoms with Gasteiger partial charge in [0, 0.05) is 36.6 Å². The molecule has 6 nitrogen and oxygen atoms in total. The van der Waals surface area contributed by atoms with Crippen molar-refractivity contribution in [3.8, 4) is 5.75 Å². The summed E-state index contributed by atoms with van der Waals surface area (Å²) in [7, 11) is 1.59. The third kappa shape index (κ3) is 5.20. The van der Waals surface area contributed by atoms with Gasteiger partial charge in [-0.05, 0) is 42.2 Å². The zero-order valence-electron chi connectivity index (χ0n) is 17.5. The van der Waals surface area contributed by atoms with Gasteiger partial charge in [0.1, 0.15) is 12.3 Å². The number of ether oxygens (including phenoxy) is 1. The highest BCUT2D eigenvalue weighted by Gasteiger charge is 2.18. The van der Waals surface area contributed by atoms with E-state index in [-0.39, 0.29) is 25.4 Å². The number of nitrogens with zero attached hydrogens (tertiary/aromatic N) is 2. The lowest BCUT2D eigenvalue weighted by molar-refractivity contribution is -0.144. The van der Waals surface area contributed by atoms with Crippen LogP contribution in [-0.2, 0) is 29.1 Å². The van der Waals surface area contributed by atoms with Crippen molar-refractivity contribution in [2.45, 2.75) is 39.3 Å². The van der Waals surface area contributed by atoms with Gasteiger partial charge in [-0.3, -0.25) is 9.59 Å². The molecular weight excluding hydrogens is 380 g/mol. The minimum atomic E-state index is -1.02. The normalized spacial score (nSPS) is 10.9. The van der Waals surface area contributed by atoms with Crippen LogP contribution in [0.2, 0.25) is 0 Å². The molecule has 0 radical (unpaired) electrons. The van der Waals surface area contributed by atoms with E-state index in [9.17, 15) is 14.7 Å². The van der Waals surface area contributed by atoms with Crippen LogP contribution in [0.15, 0.2) is 54.7 Å². The number of carboxylic acids is 1. The SMILES string of the molecule is CCCn1cc(CCC(=O)N(CC(=O)O)Cc2ccc(OC)cc2)c2ccccc21. The highest BCUT2D eigenvalue weighted by molar-refractivity contribution is 5.85. The second-order valence-corrected chi connectivity index (χ2v) is 7.36. The zero-order chi connectivity index (χ0) is 21.5. The van der Waals surface area contributed by atoms with Crippen LogP contribution in [0.25, 0.3) is 10.9 Å². The fourth-order valence-electron chi connectivity index (χ4n) is 3.69. The minimum absolute atomic E-state index is 0.166. The van der Waals surface area contributed by atoms with Crippen LogP contribution in [0.1, 0.15) is 30.9 Å². The molecule has 0 atom stereocenters. The van der Waals surface area contributed by atoms with Gasteiger partial charge < -0.3 is 19.3 Å². The summed E-state index contributed by atoms with van der Waals surface area (Å²) in [6.45, 7) is 3.01. The number of fused-ring (bicyclic) bond motifs is 1. The number of aromatic nitrogens is 1. The topological polar surface area (TPSA) is 71.8 Å². The Balaban J connectivity index is 1.72. The maximum absolute atomic E-state index is 12.9. The van der Waals surface area contributed by atoms with E-state index in [0.29, 0.717) is 6.42 Å². The molecule has 6 heteroatoms. The Morgan fingerprint density at radius 3 is 2.50 bits per heavy atom. The van der Waals surface area contributed by atoms with Gasteiger partial charge in [-0.2, -0.15) is 0 Å². The molecule has 0 saturated heterocycles. The van der Waals surface area contributed by atoms with E-state index in [0.717, 1.165) is 35.2 Å². The Kier molecular flexibility index (Phi) is 7.12. The molecule has 0 fully saturated rings. The van der Waals surface area contributed by atoms with Gasteiger partial charge in [0.25, 0.3) is 0 Å². The third-order valence-electron chi connectivity index (χ3n) is 5.16. The second-order valence-electron chi connectivity index (χ2n) is 7.36. The average Bonchev–Trinajstić information content (AvgIpc) is 3.10. The molecular formula is C24H28N2O4. The number of carboxylic acid groups (broad SMARTS) is 1. The van der Waals surface area contributed by atoms with Crippen molar-refractivity contribution in [2.75, 3.05) is 13.7 Å². The van der Waals surface area contributed by atoms with Crippen molar-refractivity contribution in [3.05, 3.63) is 65.9 Å². The van der Waals surface area contributed by atoms with Crippen LogP contribution in [-0.4, -0.2) is 40.1 Å². The molecule has 0 aliphatic rings. The van der Waals surface area contributed by atoms with Crippen molar-refractivity contribution in [1.29, 1.82) is 0 Å².